The Hall–Kier alpha value is -7.22. The minimum Gasteiger partial charge on any atom is -0.309 e. The third kappa shape index (κ3) is 6.13. The molecule has 0 spiro atoms. The molecule has 0 N–H and O–H groups in total. The number of anilines is 3. The molecule has 1 heteroatoms. The highest BCUT2D eigenvalue weighted by molar-refractivity contribution is 6.00. The first-order valence-electron chi connectivity index (χ1n) is 20.2. The van der Waals surface area contributed by atoms with Crippen LogP contribution in [0.3, 0.4) is 0 Å². The van der Waals surface area contributed by atoms with Crippen LogP contribution >= 0.6 is 0 Å². The molecular weight excluding hydrogens is 699 g/mol. The van der Waals surface area contributed by atoms with Gasteiger partial charge in [-0.15, -0.1) is 0 Å². The van der Waals surface area contributed by atoms with Crippen LogP contribution in [0.4, 0.5) is 17.1 Å². The van der Waals surface area contributed by atoms with Crippen LogP contribution in [0, 0.1) is 0 Å². The molecule has 0 radical (unpaired) electrons. The van der Waals surface area contributed by atoms with Crippen LogP contribution in [0.1, 0.15) is 25.0 Å². The van der Waals surface area contributed by atoms with E-state index in [2.05, 4.69) is 243 Å². The zero-order chi connectivity index (χ0) is 39.1. The summed E-state index contributed by atoms with van der Waals surface area (Å²) in [7, 11) is 0. The Morgan fingerprint density at radius 2 is 0.690 bits per heavy atom. The van der Waals surface area contributed by atoms with Crippen LogP contribution in [0.5, 0.6) is 0 Å². The van der Waals surface area contributed by atoms with Crippen molar-refractivity contribution in [2.45, 2.75) is 19.3 Å². The monoisotopic (exact) mass is 741 g/mol. The van der Waals surface area contributed by atoms with Crippen LogP contribution in [-0.4, -0.2) is 0 Å². The molecule has 1 nitrogen and oxygen atoms in total. The van der Waals surface area contributed by atoms with Crippen LogP contribution in [0.15, 0.2) is 224 Å². The van der Waals surface area contributed by atoms with Gasteiger partial charge >= 0.3 is 0 Å². The molecule has 0 heterocycles. The lowest BCUT2D eigenvalue weighted by Crippen LogP contribution is -2.15. The summed E-state index contributed by atoms with van der Waals surface area (Å²) in [4.78, 5) is 2.43. The van der Waals surface area contributed by atoms with Crippen molar-refractivity contribution in [2.24, 2.45) is 0 Å². The van der Waals surface area contributed by atoms with Crippen LogP contribution in [-0.2, 0) is 5.41 Å². The van der Waals surface area contributed by atoms with Crippen molar-refractivity contribution in [1.82, 2.24) is 0 Å². The predicted molar refractivity (Wildman–Crippen MR) is 246 cm³/mol. The largest absolute Gasteiger partial charge is 0.309 e. The minimum atomic E-state index is -0.168. The van der Waals surface area contributed by atoms with E-state index >= 15 is 0 Å². The summed E-state index contributed by atoms with van der Waals surface area (Å²) in [6.45, 7) is 4.77. The van der Waals surface area contributed by atoms with Crippen molar-refractivity contribution in [3.63, 3.8) is 0 Å². The maximum Gasteiger partial charge on any atom is 0.0618 e. The Morgan fingerprint density at radius 3 is 1.22 bits per heavy atom. The van der Waals surface area contributed by atoms with Gasteiger partial charge in [0.2, 0.25) is 0 Å². The molecule has 276 valence electrons. The van der Waals surface area contributed by atoms with Crippen molar-refractivity contribution in [3.8, 4) is 66.8 Å². The quantitative estimate of drug-likeness (QED) is 0.150. The smallest absolute Gasteiger partial charge is 0.0618 e. The number of benzene rings is 9. The Morgan fingerprint density at radius 1 is 0.293 bits per heavy atom. The number of hydrogen-bond donors (Lipinski definition) is 0. The molecule has 9 aromatic carbocycles. The highest BCUT2D eigenvalue weighted by Gasteiger charge is 2.38. The van der Waals surface area contributed by atoms with E-state index in [1.54, 1.807) is 0 Å². The minimum absolute atomic E-state index is 0.168. The molecule has 1 aliphatic carbocycles. The zero-order valence-corrected chi connectivity index (χ0v) is 32.8. The van der Waals surface area contributed by atoms with E-state index in [1.165, 1.54) is 77.9 Å². The molecule has 0 saturated carbocycles. The highest BCUT2D eigenvalue weighted by Crippen LogP contribution is 2.55. The van der Waals surface area contributed by atoms with Gasteiger partial charge < -0.3 is 4.90 Å². The number of rotatable bonds is 8. The SMILES string of the molecule is CC1(C)c2cc(-c3ccc(N(c4ccccc4)c4c(-c5ccccc5)cccc4-c4ccccc4)cc3)c(-c3ccccc3)cc2-c2c(-c3ccccc3)cccc21. The molecule has 0 bridgehead atoms. The van der Waals surface area contributed by atoms with Crippen molar-refractivity contribution in [2.75, 3.05) is 4.90 Å². The molecule has 0 fully saturated rings. The Balaban J connectivity index is 1.16. The molecule has 10 rings (SSSR count). The second-order valence-electron chi connectivity index (χ2n) is 15.7. The summed E-state index contributed by atoms with van der Waals surface area (Å²) in [5.74, 6) is 0. The van der Waals surface area contributed by atoms with Gasteiger partial charge in [-0.3, -0.25) is 0 Å². The van der Waals surface area contributed by atoms with Gasteiger partial charge in [0, 0.05) is 27.9 Å². The second kappa shape index (κ2) is 14.7. The summed E-state index contributed by atoms with van der Waals surface area (Å²) < 4.78 is 0. The first kappa shape index (κ1) is 35.2. The van der Waals surface area contributed by atoms with Crippen molar-refractivity contribution in [1.29, 1.82) is 0 Å². The first-order chi connectivity index (χ1) is 28.6. The number of fused-ring (bicyclic) bond motifs is 3. The zero-order valence-electron chi connectivity index (χ0n) is 32.8. The maximum atomic E-state index is 2.48. The third-order valence-electron chi connectivity index (χ3n) is 11.9. The maximum absolute atomic E-state index is 2.48. The highest BCUT2D eigenvalue weighted by atomic mass is 15.1. The van der Waals surface area contributed by atoms with E-state index in [1.807, 2.05) is 0 Å². The number of para-hydroxylation sites is 2. The van der Waals surface area contributed by atoms with Crippen LogP contribution in [0.25, 0.3) is 66.8 Å². The lowest BCUT2D eigenvalue weighted by molar-refractivity contribution is 0.661. The second-order valence-corrected chi connectivity index (χ2v) is 15.7. The molecule has 58 heavy (non-hydrogen) atoms. The normalized spacial score (nSPS) is 12.4. The first-order valence-corrected chi connectivity index (χ1v) is 20.2. The molecule has 0 aliphatic heterocycles. The fourth-order valence-corrected chi connectivity index (χ4v) is 9.05. The summed E-state index contributed by atoms with van der Waals surface area (Å²) in [5, 5.41) is 0. The average Bonchev–Trinajstić information content (AvgIpc) is 3.53. The number of nitrogens with zero attached hydrogens (tertiary/aromatic N) is 1. The fraction of sp³-hybridized carbons (Fsp3) is 0.0526. The van der Waals surface area contributed by atoms with E-state index < -0.39 is 0 Å². The van der Waals surface area contributed by atoms with E-state index in [0.29, 0.717) is 0 Å². The Labute approximate surface area is 342 Å². The molecule has 0 unspecified atom stereocenters. The lowest BCUT2D eigenvalue weighted by atomic mass is 9.80. The molecule has 0 saturated heterocycles. The molecular formula is C57H43N. The van der Waals surface area contributed by atoms with Crippen LogP contribution in [0.2, 0.25) is 0 Å². The molecule has 0 atom stereocenters. The van der Waals surface area contributed by atoms with Crippen LogP contribution < -0.4 is 4.90 Å². The fourth-order valence-electron chi connectivity index (χ4n) is 9.05. The standard InChI is InChI=1S/C57H43N/c1-57(2)53-33-19-30-47(40-20-8-3-9-21-40)55(53)52-38-50(43-26-14-6-15-27-43)51(39-54(52)57)44-34-36-46(37-35-44)58(45-28-16-7-17-29-45)56-48(41-22-10-4-11-23-41)31-18-32-49(56)42-24-12-5-13-25-42/h3-39H,1-2H3. The van der Waals surface area contributed by atoms with Gasteiger partial charge in [-0.2, -0.15) is 0 Å². The molecule has 0 aromatic heterocycles. The summed E-state index contributed by atoms with van der Waals surface area (Å²) in [6.07, 6.45) is 0. The van der Waals surface area contributed by atoms with Gasteiger partial charge in [-0.1, -0.05) is 202 Å². The number of hydrogen-bond acceptors (Lipinski definition) is 1. The van der Waals surface area contributed by atoms with E-state index in [9.17, 15) is 0 Å². The molecule has 0 amide bonds. The Kier molecular flexibility index (Phi) is 8.92. The lowest BCUT2D eigenvalue weighted by Gasteiger charge is -2.30. The van der Waals surface area contributed by atoms with E-state index in [4.69, 9.17) is 0 Å². The third-order valence-corrected chi connectivity index (χ3v) is 11.9. The Bertz CT molecular complexity index is 2800. The van der Waals surface area contributed by atoms with Gasteiger partial charge in [0.05, 0.1) is 5.69 Å². The van der Waals surface area contributed by atoms with Gasteiger partial charge in [-0.25, -0.2) is 0 Å². The molecule has 9 aromatic rings. The van der Waals surface area contributed by atoms with E-state index in [-0.39, 0.29) is 5.41 Å². The van der Waals surface area contributed by atoms with E-state index in [0.717, 1.165) is 17.1 Å². The van der Waals surface area contributed by atoms with Gasteiger partial charge in [0.1, 0.15) is 0 Å². The summed E-state index contributed by atoms with van der Waals surface area (Å²) in [6, 6.07) is 81.7. The van der Waals surface area contributed by atoms with Crippen molar-refractivity contribution >= 4 is 17.1 Å². The van der Waals surface area contributed by atoms with Crippen molar-refractivity contribution < 1.29 is 0 Å². The summed E-state index contributed by atoms with van der Waals surface area (Å²) in [5.41, 5.74) is 20.7. The summed E-state index contributed by atoms with van der Waals surface area (Å²) >= 11 is 0. The molecule has 1 aliphatic rings. The van der Waals surface area contributed by atoms with Gasteiger partial charge in [-0.05, 0) is 103 Å². The van der Waals surface area contributed by atoms with Gasteiger partial charge in [0.25, 0.3) is 0 Å². The van der Waals surface area contributed by atoms with Gasteiger partial charge in [0.15, 0.2) is 0 Å². The van der Waals surface area contributed by atoms with Crippen molar-refractivity contribution in [3.05, 3.63) is 236 Å². The topological polar surface area (TPSA) is 3.24 Å². The predicted octanol–water partition coefficient (Wildman–Crippen LogP) is 15.8. The average molecular weight is 742 g/mol.